The van der Waals surface area contributed by atoms with E-state index in [1.807, 2.05) is 0 Å². The Balaban J connectivity index is 2.39. The van der Waals surface area contributed by atoms with E-state index in [1.54, 1.807) is 13.0 Å². The predicted molar refractivity (Wildman–Crippen MR) is 126 cm³/mol. The van der Waals surface area contributed by atoms with E-state index >= 15 is 0 Å². The molecule has 0 fully saturated rings. The summed E-state index contributed by atoms with van der Waals surface area (Å²) < 4.78 is 19.2. The number of carbonyl (C=O) groups is 4. The number of non-ortho nitro benzene ring substituents is 1. The molecule has 11 nitrogen and oxygen atoms in total. The molecular weight excluding hydrogens is 475 g/mol. The van der Waals surface area contributed by atoms with Crippen molar-refractivity contribution in [2.24, 2.45) is 5.73 Å². The van der Waals surface area contributed by atoms with Crippen molar-refractivity contribution in [2.75, 3.05) is 6.61 Å². The molecule has 0 unspecified atom stereocenters. The van der Waals surface area contributed by atoms with Crippen LogP contribution in [0.1, 0.15) is 37.3 Å². The molecule has 0 bridgehead atoms. The summed E-state index contributed by atoms with van der Waals surface area (Å²) in [4.78, 5) is 60.0. The number of nitrogens with one attached hydrogen (secondary N) is 2. The second-order valence-electron chi connectivity index (χ2n) is 7.90. The van der Waals surface area contributed by atoms with Crippen LogP contribution < -0.4 is 16.4 Å². The van der Waals surface area contributed by atoms with Gasteiger partial charge in [-0.1, -0.05) is 30.3 Å². The minimum atomic E-state index is -1.46. The van der Waals surface area contributed by atoms with Gasteiger partial charge >= 0.3 is 5.97 Å². The molecule has 3 amide bonds. The van der Waals surface area contributed by atoms with E-state index in [-0.39, 0.29) is 30.7 Å². The molecule has 0 radical (unpaired) electrons. The number of halogens is 1. The Morgan fingerprint density at radius 2 is 1.72 bits per heavy atom. The van der Waals surface area contributed by atoms with Gasteiger partial charge in [-0.3, -0.25) is 29.3 Å². The topological polar surface area (TPSA) is 171 Å². The molecule has 36 heavy (non-hydrogen) atoms. The summed E-state index contributed by atoms with van der Waals surface area (Å²) in [6.07, 6.45) is -0.596. The van der Waals surface area contributed by atoms with Crippen LogP contribution in [0, 0.1) is 15.9 Å². The fourth-order valence-electron chi connectivity index (χ4n) is 3.63. The largest absolute Gasteiger partial charge is 0.466 e. The van der Waals surface area contributed by atoms with Crippen molar-refractivity contribution < 1.29 is 33.2 Å². The quantitative estimate of drug-likeness (QED) is 0.224. The molecule has 3 atom stereocenters. The summed E-state index contributed by atoms with van der Waals surface area (Å²) in [5.74, 6) is -4.72. The van der Waals surface area contributed by atoms with Crippen LogP contribution in [0.15, 0.2) is 48.5 Å². The number of amides is 3. The van der Waals surface area contributed by atoms with Crippen LogP contribution in [0.2, 0.25) is 0 Å². The number of nitrogens with two attached hydrogens (primary N) is 1. The minimum Gasteiger partial charge on any atom is -0.466 e. The van der Waals surface area contributed by atoms with Crippen LogP contribution in [0.5, 0.6) is 0 Å². The maximum absolute atomic E-state index is 14.2. The number of ether oxygens (including phenoxy) is 1. The lowest BCUT2D eigenvalue weighted by atomic mass is 9.87. The maximum atomic E-state index is 14.2. The number of primary amides is 1. The molecule has 0 aliphatic carbocycles. The molecule has 0 aliphatic rings. The molecule has 192 valence electrons. The van der Waals surface area contributed by atoms with Crippen molar-refractivity contribution >= 4 is 29.4 Å². The number of nitro benzene ring substituents is 1. The molecule has 0 heterocycles. The Labute approximate surface area is 206 Å². The van der Waals surface area contributed by atoms with Gasteiger partial charge in [0.1, 0.15) is 17.9 Å². The monoisotopic (exact) mass is 502 g/mol. The Morgan fingerprint density at radius 1 is 1.08 bits per heavy atom. The van der Waals surface area contributed by atoms with E-state index in [9.17, 15) is 33.7 Å². The molecule has 0 saturated carbocycles. The van der Waals surface area contributed by atoms with Gasteiger partial charge in [-0.05, 0) is 24.1 Å². The average molecular weight is 502 g/mol. The smallest absolute Gasteiger partial charge is 0.306 e. The van der Waals surface area contributed by atoms with Crippen LogP contribution in [0.3, 0.4) is 0 Å². The Morgan fingerprint density at radius 3 is 2.25 bits per heavy atom. The molecule has 12 heteroatoms. The number of rotatable bonds is 12. The fraction of sp³-hybridized carbons (Fsp3) is 0.333. The summed E-state index contributed by atoms with van der Waals surface area (Å²) in [5, 5.41) is 15.9. The van der Waals surface area contributed by atoms with Gasteiger partial charge in [0.15, 0.2) is 0 Å². The molecule has 2 aromatic carbocycles. The Bertz CT molecular complexity index is 1120. The first-order valence-corrected chi connectivity index (χ1v) is 11.0. The summed E-state index contributed by atoms with van der Waals surface area (Å²) in [6.45, 7) is 2.83. The molecule has 0 spiro atoms. The summed E-state index contributed by atoms with van der Waals surface area (Å²) >= 11 is 0. The van der Waals surface area contributed by atoms with E-state index in [0.29, 0.717) is 5.56 Å². The zero-order chi connectivity index (χ0) is 26.8. The maximum Gasteiger partial charge on any atom is 0.306 e. The Kier molecular flexibility index (Phi) is 10.0. The third-order valence-corrected chi connectivity index (χ3v) is 5.31. The third kappa shape index (κ3) is 7.86. The van der Waals surface area contributed by atoms with Crippen molar-refractivity contribution in [2.45, 2.75) is 44.7 Å². The number of hydrogen-bond donors (Lipinski definition) is 3. The summed E-state index contributed by atoms with van der Waals surface area (Å²) in [7, 11) is 0. The molecule has 0 aromatic heterocycles. The van der Waals surface area contributed by atoms with Gasteiger partial charge in [0.25, 0.3) is 5.69 Å². The van der Waals surface area contributed by atoms with Crippen molar-refractivity contribution in [3.8, 4) is 0 Å². The first kappa shape index (κ1) is 27.9. The van der Waals surface area contributed by atoms with E-state index in [1.165, 1.54) is 49.4 Å². The van der Waals surface area contributed by atoms with Crippen LogP contribution in [-0.2, 0) is 30.3 Å². The molecular formula is C24H27FN4O7. The van der Waals surface area contributed by atoms with Gasteiger partial charge in [0, 0.05) is 31.4 Å². The highest BCUT2D eigenvalue weighted by atomic mass is 19.1. The van der Waals surface area contributed by atoms with Gasteiger partial charge < -0.3 is 21.1 Å². The lowest BCUT2D eigenvalue weighted by Gasteiger charge is -2.27. The SMILES string of the molecule is CCOC(=O)C[C@H](c1ccc([N+](=O)[O-])cc1)[C@@H](NC(=O)[C@@H](Cc1ccccc1F)NC(C)=O)C(N)=O. The van der Waals surface area contributed by atoms with Gasteiger partial charge in [0.2, 0.25) is 17.7 Å². The third-order valence-electron chi connectivity index (χ3n) is 5.31. The highest BCUT2D eigenvalue weighted by Crippen LogP contribution is 2.27. The average Bonchev–Trinajstić information content (AvgIpc) is 2.82. The molecule has 2 rings (SSSR count). The van der Waals surface area contributed by atoms with Crippen molar-refractivity contribution in [1.29, 1.82) is 0 Å². The number of esters is 1. The van der Waals surface area contributed by atoms with Crippen molar-refractivity contribution in [3.05, 3.63) is 75.6 Å². The Hall–Kier alpha value is -4.35. The number of nitrogens with zero attached hydrogens (tertiary/aromatic N) is 1. The van der Waals surface area contributed by atoms with E-state index in [4.69, 9.17) is 10.5 Å². The molecule has 2 aromatic rings. The van der Waals surface area contributed by atoms with Gasteiger partial charge in [-0.25, -0.2) is 4.39 Å². The lowest BCUT2D eigenvalue weighted by Crippen LogP contribution is -2.55. The zero-order valence-electron chi connectivity index (χ0n) is 19.7. The van der Waals surface area contributed by atoms with Gasteiger partial charge in [-0.2, -0.15) is 0 Å². The fourth-order valence-corrected chi connectivity index (χ4v) is 3.63. The number of nitro groups is 1. The molecule has 0 saturated heterocycles. The lowest BCUT2D eigenvalue weighted by molar-refractivity contribution is -0.384. The highest BCUT2D eigenvalue weighted by Gasteiger charge is 2.34. The molecule has 0 aliphatic heterocycles. The van der Waals surface area contributed by atoms with Crippen LogP contribution in [0.25, 0.3) is 0 Å². The zero-order valence-corrected chi connectivity index (χ0v) is 19.7. The summed E-state index contributed by atoms with van der Waals surface area (Å²) in [5.41, 5.74) is 5.81. The highest BCUT2D eigenvalue weighted by molar-refractivity contribution is 5.92. The standard InChI is InChI=1S/C24H27FN4O7/c1-3-36-21(31)13-18(15-8-10-17(11-9-15)29(34)35)22(23(26)32)28-24(33)20(27-14(2)30)12-16-6-4-5-7-19(16)25/h4-11,18,20,22H,3,12-13H2,1-2H3,(H2,26,32)(H,27,30)(H,28,33)/t18-,20-,22-/m1/s1. The number of carbonyl (C=O) groups excluding carboxylic acids is 4. The van der Waals surface area contributed by atoms with Crippen LogP contribution >= 0.6 is 0 Å². The van der Waals surface area contributed by atoms with Crippen LogP contribution in [-0.4, -0.2) is 47.3 Å². The van der Waals surface area contributed by atoms with E-state index in [2.05, 4.69) is 10.6 Å². The van der Waals surface area contributed by atoms with E-state index < -0.39 is 52.4 Å². The van der Waals surface area contributed by atoms with E-state index in [0.717, 1.165) is 0 Å². The van der Waals surface area contributed by atoms with Crippen molar-refractivity contribution in [3.63, 3.8) is 0 Å². The van der Waals surface area contributed by atoms with Crippen molar-refractivity contribution in [1.82, 2.24) is 10.6 Å². The second-order valence-corrected chi connectivity index (χ2v) is 7.90. The number of hydrogen-bond acceptors (Lipinski definition) is 7. The first-order valence-electron chi connectivity index (χ1n) is 11.0. The normalized spacial score (nSPS) is 13.1. The minimum absolute atomic E-state index is 0.0622. The summed E-state index contributed by atoms with van der Waals surface area (Å²) in [6, 6.07) is 8.02. The predicted octanol–water partition coefficient (Wildman–Crippen LogP) is 1.49. The first-order chi connectivity index (χ1) is 17.0. The van der Waals surface area contributed by atoms with Crippen LogP contribution in [0.4, 0.5) is 10.1 Å². The number of benzene rings is 2. The van der Waals surface area contributed by atoms with Gasteiger partial charge in [0.05, 0.1) is 18.0 Å². The second kappa shape index (κ2) is 12.9. The molecule has 4 N–H and O–H groups in total. The van der Waals surface area contributed by atoms with Gasteiger partial charge in [-0.15, -0.1) is 0 Å².